The lowest BCUT2D eigenvalue weighted by molar-refractivity contribution is 0.0696. The van der Waals surface area contributed by atoms with Crippen LogP contribution in [-0.4, -0.2) is 11.1 Å². The topological polar surface area (TPSA) is 37.3 Å². The molecule has 0 aliphatic heterocycles. The summed E-state index contributed by atoms with van der Waals surface area (Å²) in [6.45, 7) is 3.87. The van der Waals surface area contributed by atoms with Gasteiger partial charge in [-0.05, 0) is 40.0 Å². The number of benzene rings is 3. The summed E-state index contributed by atoms with van der Waals surface area (Å²) in [5, 5.41) is 9.58. The van der Waals surface area contributed by atoms with Gasteiger partial charge in [-0.3, -0.25) is 0 Å². The number of hydrogen-bond donors (Lipinski definition) is 1. The van der Waals surface area contributed by atoms with Crippen LogP contribution in [0.3, 0.4) is 0 Å². The van der Waals surface area contributed by atoms with Crippen molar-refractivity contribution in [2.45, 2.75) is 0 Å². The van der Waals surface area contributed by atoms with Gasteiger partial charge in [-0.15, -0.1) is 0 Å². The summed E-state index contributed by atoms with van der Waals surface area (Å²) in [6.07, 6.45) is 3.83. The van der Waals surface area contributed by atoms with Crippen LogP contribution in [0.15, 0.2) is 85.4 Å². The van der Waals surface area contributed by atoms with Gasteiger partial charge in [-0.25, -0.2) is 4.79 Å². The molecule has 3 aromatic rings. The van der Waals surface area contributed by atoms with Gasteiger partial charge >= 0.3 is 5.97 Å². The summed E-state index contributed by atoms with van der Waals surface area (Å²) in [6, 6.07) is 24.8. The minimum atomic E-state index is -0.936. The van der Waals surface area contributed by atoms with Crippen molar-refractivity contribution in [3.05, 3.63) is 113 Å². The normalized spacial score (nSPS) is 11.1. The van der Waals surface area contributed by atoms with Crippen LogP contribution in [-0.2, 0) is 0 Å². The van der Waals surface area contributed by atoms with Gasteiger partial charge < -0.3 is 5.11 Å². The Hall–Kier alpha value is -3.39. The predicted octanol–water partition coefficient (Wildman–Crippen LogP) is 5.62. The Morgan fingerprint density at radius 3 is 1.96 bits per heavy atom. The third-order valence-electron chi connectivity index (χ3n) is 4.05. The quantitative estimate of drug-likeness (QED) is 0.618. The second kappa shape index (κ2) is 7.45. The molecule has 0 radical (unpaired) electrons. The van der Waals surface area contributed by atoms with Crippen LogP contribution in [0.2, 0.25) is 0 Å². The van der Waals surface area contributed by atoms with E-state index in [1.165, 1.54) is 0 Å². The van der Waals surface area contributed by atoms with Crippen molar-refractivity contribution in [1.82, 2.24) is 0 Å². The summed E-state index contributed by atoms with van der Waals surface area (Å²) in [4.78, 5) is 11.7. The van der Waals surface area contributed by atoms with E-state index in [4.69, 9.17) is 0 Å². The van der Waals surface area contributed by atoms with Crippen LogP contribution in [0, 0.1) is 0 Å². The zero-order valence-electron chi connectivity index (χ0n) is 13.7. The maximum Gasteiger partial charge on any atom is 0.336 e. The maximum absolute atomic E-state index is 11.7. The van der Waals surface area contributed by atoms with E-state index in [1.807, 2.05) is 72.8 Å². The number of hydrogen-bond acceptors (Lipinski definition) is 1. The zero-order chi connectivity index (χ0) is 17.6. The Morgan fingerprint density at radius 1 is 0.760 bits per heavy atom. The molecular weight excluding hydrogens is 308 g/mol. The van der Waals surface area contributed by atoms with Crippen molar-refractivity contribution >= 4 is 23.7 Å². The number of carboxylic acid groups (broad SMARTS) is 1. The molecule has 0 bridgehead atoms. The van der Waals surface area contributed by atoms with Crippen molar-refractivity contribution < 1.29 is 9.90 Å². The average molecular weight is 326 g/mol. The molecule has 0 aliphatic carbocycles. The molecule has 2 nitrogen and oxygen atoms in total. The Labute approximate surface area is 147 Å². The fourth-order valence-corrected chi connectivity index (χ4v) is 2.82. The lowest BCUT2D eigenvalue weighted by atomic mass is 9.91. The van der Waals surface area contributed by atoms with Crippen LogP contribution in [0.4, 0.5) is 0 Å². The highest BCUT2D eigenvalue weighted by Gasteiger charge is 2.14. The molecule has 0 amide bonds. The second-order valence-corrected chi connectivity index (χ2v) is 5.61. The summed E-state index contributed by atoms with van der Waals surface area (Å²) in [5.74, 6) is -0.936. The first-order chi connectivity index (χ1) is 12.2. The summed E-state index contributed by atoms with van der Waals surface area (Å²) in [7, 11) is 0. The standard InChI is InChI=1S/C23H18O2/c1-2-17-10-6-7-13-19(17)16-22(18-11-4-3-5-12-18)20-14-8-9-15-21(20)23(24)25/h2-16H,1H2,(H,24,25). The highest BCUT2D eigenvalue weighted by molar-refractivity contribution is 6.01. The number of rotatable bonds is 5. The van der Waals surface area contributed by atoms with Crippen molar-refractivity contribution in [1.29, 1.82) is 0 Å². The number of carboxylic acids is 1. The van der Waals surface area contributed by atoms with Gasteiger partial charge in [-0.2, -0.15) is 0 Å². The van der Waals surface area contributed by atoms with Crippen molar-refractivity contribution in [2.75, 3.05) is 0 Å². The van der Waals surface area contributed by atoms with E-state index in [-0.39, 0.29) is 5.56 Å². The lowest BCUT2D eigenvalue weighted by Gasteiger charge is -2.13. The lowest BCUT2D eigenvalue weighted by Crippen LogP contribution is -2.02. The highest BCUT2D eigenvalue weighted by atomic mass is 16.4. The third-order valence-corrected chi connectivity index (χ3v) is 4.05. The molecule has 0 saturated heterocycles. The Morgan fingerprint density at radius 2 is 1.32 bits per heavy atom. The molecule has 122 valence electrons. The third kappa shape index (κ3) is 3.59. The summed E-state index contributed by atoms with van der Waals surface area (Å²) < 4.78 is 0. The van der Waals surface area contributed by atoms with Gasteiger partial charge in [0.15, 0.2) is 0 Å². The molecule has 0 aliphatic rings. The van der Waals surface area contributed by atoms with Gasteiger partial charge in [0.25, 0.3) is 0 Å². The van der Waals surface area contributed by atoms with E-state index < -0.39 is 5.97 Å². The van der Waals surface area contributed by atoms with Crippen LogP contribution in [0.5, 0.6) is 0 Å². The van der Waals surface area contributed by atoms with Gasteiger partial charge in [0.2, 0.25) is 0 Å². The van der Waals surface area contributed by atoms with Gasteiger partial charge in [0, 0.05) is 0 Å². The Kier molecular flexibility index (Phi) is 4.91. The number of carbonyl (C=O) groups is 1. The maximum atomic E-state index is 11.7. The van der Waals surface area contributed by atoms with E-state index in [2.05, 4.69) is 6.58 Å². The van der Waals surface area contributed by atoms with Gasteiger partial charge in [0.1, 0.15) is 0 Å². The molecule has 0 saturated carbocycles. The molecule has 2 heteroatoms. The van der Waals surface area contributed by atoms with Gasteiger partial charge in [0.05, 0.1) is 5.56 Å². The molecule has 0 aromatic heterocycles. The minimum Gasteiger partial charge on any atom is -0.478 e. The largest absolute Gasteiger partial charge is 0.478 e. The van der Waals surface area contributed by atoms with Crippen molar-refractivity contribution in [2.24, 2.45) is 0 Å². The first kappa shape index (κ1) is 16.5. The molecule has 0 spiro atoms. The smallest absolute Gasteiger partial charge is 0.336 e. The molecule has 3 rings (SSSR count). The second-order valence-electron chi connectivity index (χ2n) is 5.61. The fraction of sp³-hybridized carbons (Fsp3) is 0. The molecule has 0 fully saturated rings. The van der Waals surface area contributed by atoms with Crippen LogP contribution < -0.4 is 0 Å². The highest BCUT2D eigenvalue weighted by Crippen LogP contribution is 2.29. The zero-order valence-corrected chi connectivity index (χ0v) is 13.7. The molecular formula is C23H18O2. The Balaban J connectivity index is 2.27. The predicted molar refractivity (Wildman–Crippen MR) is 103 cm³/mol. The first-order valence-corrected chi connectivity index (χ1v) is 8.02. The van der Waals surface area contributed by atoms with E-state index in [0.717, 1.165) is 22.3 Å². The SMILES string of the molecule is C=Cc1ccccc1C=C(c1ccccc1)c1ccccc1C(=O)O. The van der Waals surface area contributed by atoms with E-state index in [9.17, 15) is 9.90 Å². The molecule has 0 heterocycles. The fourth-order valence-electron chi connectivity index (χ4n) is 2.82. The first-order valence-electron chi connectivity index (χ1n) is 8.02. The van der Waals surface area contributed by atoms with Crippen LogP contribution >= 0.6 is 0 Å². The minimum absolute atomic E-state index is 0.286. The van der Waals surface area contributed by atoms with Crippen molar-refractivity contribution in [3.8, 4) is 0 Å². The molecule has 1 N–H and O–H groups in total. The monoisotopic (exact) mass is 326 g/mol. The summed E-state index contributed by atoms with van der Waals surface area (Å²) >= 11 is 0. The van der Waals surface area contributed by atoms with Crippen molar-refractivity contribution in [3.63, 3.8) is 0 Å². The van der Waals surface area contributed by atoms with E-state index >= 15 is 0 Å². The molecule has 3 aromatic carbocycles. The average Bonchev–Trinajstić information content (AvgIpc) is 2.67. The molecule has 25 heavy (non-hydrogen) atoms. The Bertz CT molecular complexity index is 937. The van der Waals surface area contributed by atoms with E-state index in [1.54, 1.807) is 18.2 Å². The van der Waals surface area contributed by atoms with E-state index in [0.29, 0.717) is 5.56 Å². The number of aromatic carboxylic acids is 1. The summed E-state index contributed by atoms with van der Waals surface area (Å²) in [5.41, 5.74) is 4.82. The van der Waals surface area contributed by atoms with Crippen LogP contribution in [0.1, 0.15) is 32.6 Å². The molecule has 0 atom stereocenters. The molecule has 0 unspecified atom stereocenters. The van der Waals surface area contributed by atoms with Gasteiger partial charge in [-0.1, -0.05) is 85.5 Å². The van der Waals surface area contributed by atoms with Crippen LogP contribution in [0.25, 0.3) is 17.7 Å².